The lowest BCUT2D eigenvalue weighted by molar-refractivity contribution is -0.116. The van der Waals surface area contributed by atoms with Gasteiger partial charge in [-0.3, -0.25) is 4.79 Å². The molecule has 0 saturated carbocycles. The number of aryl methyl sites for hydroxylation is 1. The lowest BCUT2D eigenvalue weighted by Crippen LogP contribution is -2.12. The van der Waals surface area contributed by atoms with Crippen LogP contribution in [0, 0.1) is 6.92 Å². The predicted molar refractivity (Wildman–Crippen MR) is 82.1 cm³/mol. The molecule has 0 aliphatic heterocycles. The Morgan fingerprint density at radius 3 is 2.75 bits per heavy atom. The van der Waals surface area contributed by atoms with Crippen molar-refractivity contribution in [1.29, 1.82) is 0 Å². The maximum Gasteiger partial charge on any atom is 0.226 e. The molecule has 7 heteroatoms. The molecule has 20 heavy (non-hydrogen) atoms. The van der Waals surface area contributed by atoms with E-state index < -0.39 is 0 Å². The van der Waals surface area contributed by atoms with Gasteiger partial charge < -0.3 is 10.1 Å². The van der Waals surface area contributed by atoms with Crippen molar-refractivity contribution in [1.82, 2.24) is 10.2 Å². The highest BCUT2D eigenvalue weighted by Gasteiger charge is 2.06. The third kappa shape index (κ3) is 4.90. The summed E-state index contributed by atoms with van der Waals surface area (Å²) in [5.74, 6) is 0.730. The van der Waals surface area contributed by atoms with Crippen LogP contribution in [0.2, 0.25) is 0 Å². The van der Waals surface area contributed by atoms with Gasteiger partial charge in [-0.15, -0.1) is 10.2 Å². The van der Waals surface area contributed by atoms with Crippen molar-refractivity contribution in [2.75, 3.05) is 11.9 Å². The lowest BCUT2D eigenvalue weighted by atomic mass is 10.3. The molecule has 0 fully saturated rings. The fourth-order valence-electron chi connectivity index (χ4n) is 1.48. The molecule has 0 aliphatic rings. The molecule has 2 rings (SSSR count). The van der Waals surface area contributed by atoms with Gasteiger partial charge in [-0.05, 0) is 37.6 Å². The van der Waals surface area contributed by atoms with Gasteiger partial charge in [0.05, 0.1) is 6.61 Å². The van der Waals surface area contributed by atoms with Gasteiger partial charge in [-0.25, -0.2) is 0 Å². The molecule has 1 N–H and O–H groups in total. The second-order valence-electron chi connectivity index (χ2n) is 4.08. The summed E-state index contributed by atoms with van der Waals surface area (Å²) >= 11 is 4.72. The molecule has 0 aliphatic carbocycles. The average molecular weight is 356 g/mol. The van der Waals surface area contributed by atoms with Gasteiger partial charge >= 0.3 is 0 Å². The highest BCUT2D eigenvalue weighted by molar-refractivity contribution is 9.10. The van der Waals surface area contributed by atoms with Crippen molar-refractivity contribution in [3.63, 3.8) is 0 Å². The zero-order chi connectivity index (χ0) is 14.4. The van der Waals surface area contributed by atoms with Crippen LogP contribution < -0.4 is 10.1 Å². The number of benzene rings is 1. The molecule has 2 aromatic rings. The Kier molecular flexibility index (Phi) is 5.49. The normalized spacial score (nSPS) is 10.3. The number of carbonyl (C=O) groups excluding carboxylic acids is 1. The monoisotopic (exact) mass is 355 g/mol. The number of aromatic nitrogens is 2. The van der Waals surface area contributed by atoms with Crippen LogP contribution in [-0.4, -0.2) is 22.7 Å². The van der Waals surface area contributed by atoms with Crippen molar-refractivity contribution >= 4 is 38.3 Å². The van der Waals surface area contributed by atoms with Crippen LogP contribution >= 0.6 is 27.3 Å². The predicted octanol–water partition coefficient (Wildman–Crippen LogP) is 3.41. The van der Waals surface area contributed by atoms with Gasteiger partial charge in [0.1, 0.15) is 10.8 Å². The van der Waals surface area contributed by atoms with Crippen LogP contribution in [0.15, 0.2) is 28.7 Å². The van der Waals surface area contributed by atoms with Gasteiger partial charge in [0.25, 0.3) is 0 Å². The van der Waals surface area contributed by atoms with Crippen LogP contribution in [0.5, 0.6) is 5.75 Å². The topological polar surface area (TPSA) is 64.1 Å². The average Bonchev–Trinajstić information content (AvgIpc) is 2.82. The molecule has 0 saturated heterocycles. The summed E-state index contributed by atoms with van der Waals surface area (Å²) in [7, 11) is 0. The Hall–Kier alpha value is -1.47. The van der Waals surface area contributed by atoms with Crippen LogP contribution in [0.25, 0.3) is 0 Å². The van der Waals surface area contributed by atoms with Gasteiger partial charge in [-0.2, -0.15) is 0 Å². The van der Waals surface area contributed by atoms with E-state index in [0.717, 1.165) is 15.2 Å². The molecule has 106 valence electrons. The van der Waals surface area contributed by atoms with Crippen molar-refractivity contribution in [3.8, 4) is 5.75 Å². The smallest absolute Gasteiger partial charge is 0.226 e. The second-order valence-corrected chi connectivity index (χ2v) is 6.18. The Morgan fingerprint density at radius 2 is 2.10 bits per heavy atom. The number of anilines is 1. The zero-order valence-electron chi connectivity index (χ0n) is 10.9. The Balaban J connectivity index is 1.65. The first-order valence-electron chi connectivity index (χ1n) is 6.12. The number of amides is 1. The molecule has 0 bridgehead atoms. The summed E-state index contributed by atoms with van der Waals surface area (Å²) < 4.78 is 6.55. The summed E-state index contributed by atoms with van der Waals surface area (Å²) in [4.78, 5) is 11.6. The number of ether oxygens (including phenoxy) is 1. The molecule has 0 atom stereocenters. The summed E-state index contributed by atoms with van der Waals surface area (Å²) in [5.41, 5.74) is 0. The number of nitrogens with one attached hydrogen (secondary N) is 1. The van der Waals surface area contributed by atoms with Crippen molar-refractivity contribution in [2.24, 2.45) is 0 Å². The zero-order valence-corrected chi connectivity index (χ0v) is 13.3. The van der Waals surface area contributed by atoms with E-state index in [9.17, 15) is 4.79 Å². The number of halogens is 1. The number of hydrogen-bond donors (Lipinski definition) is 1. The van der Waals surface area contributed by atoms with E-state index in [1.807, 2.05) is 31.2 Å². The quantitative estimate of drug-likeness (QED) is 0.806. The van der Waals surface area contributed by atoms with Crippen molar-refractivity contribution < 1.29 is 9.53 Å². The van der Waals surface area contributed by atoms with E-state index in [-0.39, 0.29) is 5.91 Å². The summed E-state index contributed by atoms with van der Waals surface area (Å²) in [6, 6.07) is 7.60. The van der Waals surface area contributed by atoms with E-state index in [0.29, 0.717) is 24.6 Å². The first-order chi connectivity index (χ1) is 9.63. The minimum Gasteiger partial charge on any atom is -0.494 e. The number of carbonyl (C=O) groups is 1. The second kappa shape index (κ2) is 7.35. The molecule has 1 heterocycles. The minimum absolute atomic E-state index is 0.0689. The minimum atomic E-state index is -0.0689. The van der Waals surface area contributed by atoms with Crippen molar-refractivity contribution in [3.05, 3.63) is 33.7 Å². The van der Waals surface area contributed by atoms with E-state index in [1.54, 1.807) is 0 Å². The van der Waals surface area contributed by atoms with Crippen LogP contribution in [0.4, 0.5) is 5.13 Å². The van der Waals surface area contributed by atoms with E-state index in [2.05, 4.69) is 31.4 Å². The molecule has 1 aromatic heterocycles. The fourth-order valence-corrected chi connectivity index (χ4v) is 2.35. The SMILES string of the molecule is Cc1nnc(NC(=O)CCCOc2ccc(Br)cc2)s1. The summed E-state index contributed by atoms with van der Waals surface area (Å²) in [6.07, 6.45) is 1.05. The summed E-state index contributed by atoms with van der Waals surface area (Å²) in [5, 5.41) is 11.8. The molecule has 0 spiro atoms. The first-order valence-corrected chi connectivity index (χ1v) is 7.73. The highest BCUT2D eigenvalue weighted by Crippen LogP contribution is 2.17. The number of nitrogens with zero attached hydrogens (tertiary/aromatic N) is 2. The van der Waals surface area contributed by atoms with Gasteiger partial charge in [0.2, 0.25) is 11.0 Å². The van der Waals surface area contributed by atoms with Crippen LogP contribution in [0.3, 0.4) is 0 Å². The standard InChI is InChI=1S/C13H14BrN3O2S/c1-9-16-17-13(20-9)15-12(18)3-2-8-19-11-6-4-10(14)5-7-11/h4-7H,2-3,8H2,1H3,(H,15,17,18). The van der Waals surface area contributed by atoms with Crippen LogP contribution in [0.1, 0.15) is 17.8 Å². The van der Waals surface area contributed by atoms with E-state index in [1.165, 1.54) is 11.3 Å². The Bertz CT molecular complexity index is 571. The van der Waals surface area contributed by atoms with Gasteiger partial charge in [-0.1, -0.05) is 27.3 Å². The largest absolute Gasteiger partial charge is 0.494 e. The third-order valence-electron chi connectivity index (χ3n) is 2.40. The molecule has 0 unspecified atom stereocenters. The maximum absolute atomic E-state index is 11.6. The fraction of sp³-hybridized carbons (Fsp3) is 0.308. The van der Waals surface area contributed by atoms with E-state index >= 15 is 0 Å². The molecule has 1 amide bonds. The lowest BCUT2D eigenvalue weighted by Gasteiger charge is -2.05. The van der Waals surface area contributed by atoms with Crippen LogP contribution in [-0.2, 0) is 4.79 Å². The van der Waals surface area contributed by atoms with Gasteiger partial charge in [0, 0.05) is 10.9 Å². The number of rotatable bonds is 6. The summed E-state index contributed by atoms with van der Waals surface area (Å²) in [6.45, 7) is 2.35. The first kappa shape index (κ1) is 14.9. The Morgan fingerprint density at radius 1 is 1.35 bits per heavy atom. The van der Waals surface area contributed by atoms with Gasteiger partial charge in [0.15, 0.2) is 0 Å². The van der Waals surface area contributed by atoms with E-state index in [4.69, 9.17) is 4.74 Å². The molecular formula is C13H14BrN3O2S. The number of hydrogen-bond acceptors (Lipinski definition) is 5. The molecule has 5 nitrogen and oxygen atoms in total. The third-order valence-corrected chi connectivity index (χ3v) is 3.69. The van der Waals surface area contributed by atoms with Crippen molar-refractivity contribution in [2.45, 2.75) is 19.8 Å². The Labute approximate surface area is 129 Å². The molecule has 0 radical (unpaired) electrons. The molecule has 1 aromatic carbocycles. The maximum atomic E-state index is 11.6. The molecular weight excluding hydrogens is 342 g/mol. The highest BCUT2D eigenvalue weighted by atomic mass is 79.9.